The summed E-state index contributed by atoms with van der Waals surface area (Å²) in [5.74, 6) is -0.462. The third kappa shape index (κ3) is 4.77. The van der Waals surface area contributed by atoms with E-state index >= 15 is 0 Å². The van der Waals surface area contributed by atoms with Crippen LogP contribution in [0.3, 0.4) is 0 Å². The molecule has 1 heterocycles. The number of amides is 3. The normalized spacial score (nSPS) is 11.0. The van der Waals surface area contributed by atoms with Gasteiger partial charge >= 0.3 is 12.2 Å². The number of carbonyl (C=O) groups excluding carboxylic acids is 2. The van der Waals surface area contributed by atoms with Gasteiger partial charge in [0.05, 0.1) is 12.0 Å². The molecule has 0 fully saturated rings. The van der Waals surface area contributed by atoms with Crippen LogP contribution in [0.15, 0.2) is 42.6 Å². The number of nitrogens with one attached hydrogen (secondary N) is 3. The maximum absolute atomic E-state index is 12.6. The summed E-state index contributed by atoms with van der Waals surface area (Å²) >= 11 is 0. The molecule has 0 atom stereocenters. The molecule has 24 heavy (non-hydrogen) atoms. The highest BCUT2D eigenvalue weighted by molar-refractivity contribution is 5.91. The highest BCUT2D eigenvalue weighted by atomic mass is 19.4. The molecule has 2 aromatic rings. The number of nitrogens with zero attached hydrogens (tertiary/aromatic N) is 1. The Bertz CT molecular complexity index is 740. The molecule has 3 amide bonds. The van der Waals surface area contributed by atoms with Crippen molar-refractivity contribution in [3.05, 3.63) is 53.9 Å². The van der Waals surface area contributed by atoms with E-state index in [0.29, 0.717) is 0 Å². The van der Waals surface area contributed by atoms with Crippen molar-refractivity contribution in [2.24, 2.45) is 7.05 Å². The lowest BCUT2D eigenvalue weighted by molar-refractivity contribution is -0.137. The zero-order valence-electron chi connectivity index (χ0n) is 12.6. The molecule has 2 rings (SSSR count). The molecule has 6 nitrogen and oxygen atoms in total. The number of aromatic nitrogens is 1. The molecule has 0 unspecified atom stereocenters. The third-order valence-corrected chi connectivity index (χ3v) is 3.16. The van der Waals surface area contributed by atoms with Crippen LogP contribution in [0.25, 0.3) is 0 Å². The number of anilines is 1. The van der Waals surface area contributed by atoms with Gasteiger partial charge in [-0.15, -0.1) is 0 Å². The summed E-state index contributed by atoms with van der Waals surface area (Å²) in [6.45, 7) is 0. The number of rotatable bonds is 3. The van der Waals surface area contributed by atoms with Gasteiger partial charge in [0.1, 0.15) is 0 Å². The van der Waals surface area contributed by atoms with Gasteiger partial charge in [-0.05, 0) is 30.3 Å². The summed E-state index contributed by atoms with van der Waals surface area (Å²) in [5, 5.41) is 2.21. The van der Waals surface area contributed by atoms with Crippen LogP contribution in [0.2, 0.25) is 0 Å². The van der Waals surface area contributed by atoms with Crippen LogP contribution in [0, 0.1) is 0 Å². The molecule has 0 radical (unpaired) electrons. The number of urea groups is 1. The molecule has 1 aromatic carbocycles. The van der Waals surface area contributed by atoms with Crippen molar-refractivity contribution < 1.29 is 22.8 Å². The first-order valence-corrected chi connectivity index (χ1v) is 6.89. The molecular weight excluding hydrogens is 325 g/mol. The molecule has 0 saturated carbocycles. The molecule has 128 valence electrons. The number of hydrazine groups is 1. The molecule has 0 spiro atoms. The van der Waals surface area contributed by atoms with Crippen LogP contribution < -0.4 is 16.2 Å². The van der Waals surface area contributed by atoms with Crippen LogP contribution in [0.4, 0.5) is 23.7 Å². The second kappa shape index (κ2) is 7.07. The highest BCUT2D eigenvalue weighted by Gasteiger charge is 2.30. The van der Waals surface area contributed by atoms with Crippen LogP contribution in [0.1, 0.15) is 11.3 Å². The number of alkyl halides is 3. The third-order valence-electron chi connectivity index (χ3n) is 3.16. The Labute approximate surface area is 135 Å². The van der Waals surface area contributed by atoms with E-state index < -0.39 is 23.7 Å². The Morgan fingerprint density at radius 3 is 2.50 bits per heavy atom. The maximum atomic E-state index is 12.6. The van der Waals surface area contributed by atoms with Crippen molar-refractivity contribution in [2.45, 2.75) is 12.6 Å². The van der Waals surface area contributed by atoms with E-state index in [4.69, 9.17) is 0 Å². The van der Waals surface area contributed by atoms with Crippen LogP contribution in [-0.2, 0) is 24.4 Å². The second-order valence-electron chi connectivity index (χ2n) is 4.99. The second-order valence-corrected chi connectivity index (χ2v) is 4.99. The number of aryl methyl sites for hydroxylation is 1. The minimum atomic E-state index is -4.50. The first-order chi connectivity index (χ1) is 11.3. The topological polar surface area (TPSA) is 75.2 Å². The molecule has 9 heteroatoms. The van der Waals surface area contributed by atoms with Gasteiger partial charge in [0.2, 0.25) is 5.91 Å². The predicted molar refractivity (Wildman–Crippen MR) is 80.9 cm³/mol. The number of halogens is 3. The van der Waals surface area contributed by atoms with Gasteiger partial charge in [0, 0.05) is 24.6 Å². The SMILES string of the molecule is Cn1cccc1CC(=O)NNC(=O)Nc1cccc(C(F)(F)F)c1. The van der Waals surface area contributed by atoms with E-state index in [1.54, 1.807) is 29.9 Å². The molecule has 0 aliphatic carbocycles. The standard InChI is InChI=1S/C15H15F3N4O2/c1-22-7-3-6-12(22)9-13(23)20-21-14(24)19-11-5-2-4-10(8-11)15(16,17)18/h2-8H,9H2,1H3,(H,20,23)(H2,19,21,24). The smallest absolute Gasteiger partial charge is 0.354 e. The maximum Gasteiger partial charge on any atom is 0.416 e. The average molecular weight is 340 g/mol. The van der Waals surface area contributed by atoms with E-state index in [9.17, 15) is 22.8 Å². The van der Waals surface area contributed by atoms with Crippen LogP contribution in [0.5, 0.6) is 0 Å². The molecule has 3 N–H and O–H groups in total. The Morgan fingerprint density at radius 1 is 1.12 bits per heavy atom. The minimum absolute atomic E-state index is 0.0426. The van der Waals surface area contributed by atoms with Crippen molar-refractivity contribution >= 4 is 17.6 Å². The summed E-state index contributed by atoms with van der Waals surface area (Å²) in [7, 11) is 1.77. The zero-order valence-corrected chi connectivity index (χ0v) is 12.6. The lowest BCUT2D eigenvalue weighted by atomic mass is 10.2. The van der Waals surface area contributed by atoms with E-state index in [2.05, 4.69) is 16.2 Å². The molecule has 0 aliphatic heterocycles. The summed E-state index contributed by atoms with van der Waals surface area (Å²) in [4.78, 5) is 23.3. The Kier molecular flexibility index (Phi) is 5.12. The first-order valence-electron chi connectivity index (χ1n) is 6.89. The Balaban J connectivity index is 1.85. The lowest BCUT2D eigenvalue weighted by Gasteiger charge is -2.11. The van der Waals surface area contributed by atoms with Gasteiger partial charge < -0.3 is 9.88 Å². The fourth-order valence-electron chi connectivity index (χ4n) is 1.95. The number of carbonyl (C=O) groups is 2. The van der Waals surface area contributed by atoms with Crippen LogP contribution >= 0.6 is 0 Å². The van der Waals surface area contributed by atoms with Gasteiger partial charge in [-0.3, -0.25) is 10.2 Å². The predicted octanol–water partition coefficient (Wildman–Crippen LogP) is 2.44. The molecule has 0 aliphatic rings. The van der Waals surface area contributed by atoms with Crippen LogP contribution in [-0.4, -0.2) is 16.5 Å². The van der Waals surface area contributed by atoms with Crippen molar-refractivity contribution in [1.82, 2.24) is 15.4 Å². The van der Waals surface area contributed by atoms with E-state index in [1.807, 2.05) is 0 Å². The number of benzene rings is 1. The highest BCUT2D eigenvalue weighted by Crippen LogP contribution is 2.30. The fourth-order valence-corrected chi connectivity index (χ4v) is 1.95. The van der Waals surface area contributed by atoms with Gasteiger partial charge in [-0.1, -0.05) is 6.07 Å². The van der Waals surface area contributed by atoms with E-state index in [-0.39, 0.29) is 12.1 Å². The summed E-state index contributed by atoms with van der Waals surface area (Å²) in [6.07, 6.45) is -2.68. The van der Waals surface area contributed by atoms with E-state index in [1.165, 1.54) is 12.1 Å². The summed E-state index contributed by atoms with van der Waals surface area (Å²) in [6, 6.07) is 6.84. The minimum Gasteiger partial charge on any atom is -0.354 e. The van der Waals surface area contributed by atoms with Crippen molar-refractivity contribution in [1.29, 1.82) is 0 Å². The first kappa shape index (κ1) is 17.4. The quantitative estimate of drug-likeness (QED) is 0.751. The monoisotopic (exact) mass is 340 g/mol. The molecule has 0 bridgehead atoms. The number of hydrogen-bond donors (Lipinski definition) is 3. The Hall–Kier alpha value is -2.97. The zero-order chi connectivity index (χ0) is 17.7. The van der Waals surface area contributed by atoms with E-state index in [0.717, 1.165) is 17.8 Å². The lowest BCUT2D eigenvalue weighted by Crippen LogP contribution is -2.44. The summed E-state index contributed by atoms with van der Waals surface area (Å²) in [5.41, 5.74) is 4.08. The van der Waals surface area contributed by atoms with Gasteiger partial charge in [-0.2, -0.15) is 13.2 Å². The molecule has 0 saturated heterocycles. The largest absolute Gasteiger partial charge is 0.416 e. The number of hydrogen-bond acceptors (Lipinski definition) is 2. The van der Waals surface area contributed by atoms with Gasteiger partial charge in [0.15, 0.2) is 0 Å². The van der Waals surface area contributed by atoms with Crippen molar-refractivity contribution in [2.75, 3.05) is 5.32 Å². The average Bonchev–Trinajstić information content (AvgIpc) is 2.90. The van der Waals surface area contributed by atoms with Gasteiger partial charge in [-0.25, -0.2) is 10.2 Å². The van der Waals surface area contributed by atoms with Gasteiger partial charge in [0.25, 0.3) is 0 Å². The molecule has 1 aromatic heterocycles. The van der Waals surface area contributed by atoms with Crippen molar-refractivity contribution in [3.8, 4) is 0 Å². The molecular formula is C15H15F3N4O2. The fraction of sp³-hybridized carbons (Fsp3) is 0.200. The Morgan fingerprint density at radius 2 is 1.88 bits per heavy atom. The summed E-state index contributed by atoms with van der Waals surface area (Å²) < 4.78 is 39.5. The van der Waals surface area contributed by atoms with Crippen molar-refractivity contribution in [3.63, 3.8) is 0 Å².